The van der Waals surface area contributed by atoms with Crippen LogP contribution in [-0.2, 0) is 0 Å². The Morgan fingerprint density at radius 3 is 3.21 bits per heavy atom. The van der Waals surface area contributed by atoms with Gasteiger partial charge in [0, 0.05) is 12.5 Å². The summed E-state index contributed by atoms with van der Waals surface area (Å²) in [4.78, 5) is 0. The van der Waals surface area contributed by atoms with E-state index < -0.39 is 0 Å². The van der Waals surface area contributed by atoms with Crippen molar-refractivity contribution < 1.29 is 4.42 Å². The monoisotopic (exact) mass is 193 g/mol. The molecule has 1 saturated heterocycles. The summed E-state index contributed by atoms with van der Waals surface area (Å²) in [7, 11) is 0. The molecule has 2 fully saturated rings. The fraction of sp³-hybridized carbons (Fsp3) is 0.800. The predicted molar refractivity (Wildman–Crippen MR) is 50.8 cm³/mol. The minimum atomic E-state index is 0.511. The molecule has 0 aromatic carbocycles. The molecule has 2 atom stereocenters. The molecule has 1 N–H and O–H groups in total. The molecule has 0 radical (unpaired) electrons. The maximum Gasteiger partial charge on any atom is 0.219 e. The highest BCUT2D eigenvalue weighted by Gasteiger charge is 2.42. The largest absolute Gasteiger partial charge is 0.428 e. The molecule has 76 valence electrons. The molecule has 2 aliphatic rings. The van der Waals surface area contributed by atoms with E-state index in [9.17, 15) is 0 Å². The average molecular weight is 193 g/mol. The molecule has 1 aromatic heterocycles. The summed E-state index contributed by atoms with van der Waals surface area (Å²) in [5.74, 6) is 1.35. The van der Waals surface area contributed by atoms with Crippen molar-refractivity contribution in [2.45, 2.75) is 31.6 Å². The molecule has 3 rings (SSSR count). The predicted octanol–water partition coefficient (Wildman–Crippen LogP) is 1.32. The van der Waals surface area contributed by atoms with Crippen molar-refractivity contribution in [2.24, 2.45) is 5.41 Å². The fourth-order valence-electron chi connectivity index (χ4n) is 2.96. The molecule has 1 spiro atoms. The zero-order chi connectivity index (χ0) is 9.43. The maximum absolute atomic E-state index is 5.28. The third-order valence-electron chi connectivity index (χ3n) is 3.76. The van der Waals surface area contributed by atoms with E-state index in [-0.39, 0.29) is 0 Å². The van der Waals surface area contributed by atoms with E-state index >= 15 is 0 Å². The number of nitrogens with one attached hydrogen (secondary N) is 1. The number of hydrogen-bond donors (Lipinski definition) is 1. The Bertz CT molecular complexity index is 303. The quantitative estimate of drug-likeness (QED) is 0.730. The highest BCUT2D eigenvalue weighted by atomic mass is 16.4. The van der Waals surface area contributed by atoms with Gasteiger partial charge in [-0.15, -0.1) is 10.2 Å². The molecule has 0 bridgehead atoms. The van der Waals surface area contributed by atoms with Crippen molar-refractivity contribution in [1.29, 1.82) is 0 Å². The second kappa shape index (κ2) is 3.05. The Morgan fingerprint density at radius 1 is 1.50 bits per heavy atom. The molecule has 2 heterocycles. The van der Waals surface area contributed by atoms with Crippen LogP contribution in [0.15, 0.2) is 10.8 Å². The topological polar surface area (TPSA) is 51.0 Å². The molecule has 1 aliphatic carbocycles. The zero-order valence-electron chi connectivity index (χ0n) is 8.20. The lowest BCUT2D eigenvalue weighted by Gasteiger charge is -2.20. The second-order valence-corrected chi connectivity index (χ2v) is 4.64. The van der Waals surface area contributed by atoms with Gasteiger partial charge in [-0.1, -0.05) is 0 Å². The molecule has 4 nitrogen and oxygen atoms in total. The molecule has 0 amide bonds. The summed E-state index contributed by atoms with van der Waals surface area (Å²) < 4.78 is 5.28. The van der Waals surface area contributed by atoms with Crippen LogP contribution in [0.5, 0.6) is 0 Å². The Hall–Kier alpha value is -0.900. The van der Waals surface area contributed by atoms with Crippen LogP contribution in [-0.4, -0.2) is 23.3 Å². The van der Waals surface area contributed by atoms with Crippen molar-refractivity contribution in [3.63, 3.8) is 0 Å². The van der Waals surface area contributed by atoms with Crippen LogP contribution in [0.3, 0.4) is 0 Å². The van der Waals surface area contributed by atoms with Crippen molar-refractivity contribution in [3.05, 3.63) is 12.3 Å². The van der Waals surface area contributed by atoms with E-state index in [1.54, 1.807) is 0 Å². The van der Waals surface area contributed by atoms with E-state index in [0.717, 1.165) is 5.89 Å². The smallest absolute Gasteiger partial charge is 0.219 e. The summed E-state index contributed by atoms with van der Waals surface area (Å²) in [6.45, 7) is 2.36. The SMILES string of the molecule is c1nnc(C2CCC3(CCNC3)C2)o1. The Labute approximate surface area is 83.1 Å². The molecule has 14 heavy (non-hydrogen) atoms. The highest BCUT2D eigenvalue weighted by molar-refractivity contribution is 5.03. The molecule has 2 unspecified atom stereocenters. The molecule has 1 aliphatic heterocycles. The molecule has 1 aromatic rings. The first-order valence-corrected chi connectivity index (χ1v) is 5.35. The number of rotatable bonds is 1. The van der Waals surface area contributed by atoms with E-state index in [1.165, 1.54) is 45.2 Å². The van der Waals surface area contributed by atoms with Crippen LogP contribution in [0.25, 0.3) is 0 Å². The van der Waals surface area contributed by atoms with Gasteiger partial charge in [0.15, 0.2) is 0 Å². The Kier molecular flexibility index (Phi) is 1.83. The van der Waals surface area contributed by atoms with E-state index in [1.807, 2.05) is 0 Å². The normalized spacial score (nSPS) is 37.0. The zero-order valence-corrected chi connectivity index (χ0v) is 8.20. The standard InChI is InChI=1S/C10H15N3O/c1-2-10(3-4-11-6-10)5-8(1)9-13-12-7-14-9/h7-8,11H,1-6H2. The number of hydrogen-bond acceptors (Lipinski definition) is 4. The lowest BCUT2D eigenvalue weighted by molar-refractivity contribution is 0.323. The minimum Gasteiger partial charge on any atom is -0.428 e. The van der Waals surface area contributed by atoms with Crippen LogP contribution in [0, 0.1) is 5.41 Å². The summed E-state index contributed by atoms with van der Waals surface area (Å²) in [5, 5.41) is 11.2. The summed E-state index contributed by atoms with van der Waals surface area (Å²) in [5.41, 5.74) is 0.541. The first-order valence-electron chi connectivity index (χ1n) is 5.35. The van der Waals surface area contributed by atoms with Crippen LogP contribution in [0.4, 0.5) is 0 Å². The fourth-order valence-corrected chi connectivity index (χ4v) is 2.96. The molecular formula is C10H15N3O. The van der Waals surface area contributed by atoms with Gasteiger partial charge in [-0.3, -0.25) is 0 Å². The van der Waals surface area contributed by atoms with Gasteiger partial charge >= 0.3 is 0 Å². The van der Waals surface area contributed by atoms with Crippen LogP contribution >= 0.6 is 0 Å². The summed E-state index contributed by atoms with van der Waals surface area (Å²) >= 11 is 0. The third kappa shape index (κ3) is 1.25. The third-order valence-corrected chi connectivity index (χ3v) is 3.76. The first kappa shape index (κ1) is 8.41. The summed E-state index contributed by atoms with van der Waals surface area (Å²) in [6, 6.07) is 0. The van der Waals surface area contributed by atoms with Crippen LogP contribution < -0.4 is 5.32 Å². The van der Waals surface area contributed by atoms with Gasteiger partial charge in [-0.2, -0.15) is 0 Å². The lowest BCUT2D eigenvalue weighted by atomic mass is 9.84. The van der Waals surface area contributed by atoms with Gasteiger partial charge in [0.05, 0.1) is 0 Å². The van der Waals surface area contributed by atoms with Gasteiger partial charge in [-0.05, 0) is 37.6 Å². The van der Waals surface area contributed by atoms with Crippen molar-refractivity contribution in [1.82, 2.24) is 15.5 Å². The van der Waals surface area contributed by atoms with Gasteiger partial charge in [0.2, 0.25) is 12.3 Å². The van der Waals surface area contributed by atoms with Crippen LogP contribution in [0.2, 0.25) is 0 Å². The van der Waals surface area contributed by atoms with Gasteiger partial charge in [0.1, 0.15) is 0 Å². The highest BCUT2D eigenvalue weighted by Crippen LogP contribution is 2.49. The van der Waals surface area contributed by atoms with E-state index in [0.29, 0.717) is 11.3 Å². The van der Waals surface area contributed by atoms with Gasteiger partial charge < -0.3 is 9.73 Å². The van der Waals surface area contributed by atoms with Crippen molar-refractivity contribution in [2.75, 3.05) is 13.1 Å². The van der Waals surface area contributed by atoms with Crippen molar-refractivity contribution >= 4 is 0 Å². The lowest BCUT2D eigenvalue weighted by Crippen LogP contribution is -2.20. The molecular weight excluding hydrogens is 178 g/mol. The van der Waals surface area contributed by atoms with Crippen molar-refractivity contribution in [3.8, 4) is 0 Å². The Morgan fingerprint density at radius 2 is 2.50 bits per heavy atom. The number of aromatic nitrogens is 2. The van der Waals surface area contributed by atoms with E-state index in [2.05, 4.69) is 15.5 Å². The second-order valence-electron chi connectivity index (χ2n) is 4.64. The van der Waals surface area contributed by atoms with Gasteiger partial charge in [0.25, 0.3) is 0 Å². The van der Waals surface area contributed by atoms with E-state index in [4.69, 9.17) is 4.42 Å². The molecule has 4 heteroatoms. The average Bonchev–Trinajstić information content (AvgIpc) is 2.91. The maximum atomic E-state index is 5.28. The van der Waals surface area contributed by atoms with Crippen LogP contribution in [0.1, 0.15) is 37.5 Å². The Balaban J connectivity index is 1.75. The summed E-state index contributed by atoms with van der Waals surface area (Å²) in [6.07, 6.45) is 6.50. The molecule has 1 saturated carbocycles. The van der Waals surface area contributed by atoms with Gasteiger partial charge in [-0.25, -0.2) is 0 Å². The first-order chi connectivity index (χ1) is 6.88. The number of nitrogens with zero attached hydrogens (tertiary/aromatic N) is 2. The minimum absolute atomic E-state index is 0.511.